The SMILES string of the molecule is C1=CC2=C(C=CC1)Oc1ccccc1C=N2. The first-order valence-electron chi connectivity index (χ1n) is 5.32. The van der Waals surface area contributed by atoms with Crippen LogP contribution in [0.1, 0.15) is 12.0 Å². The number of allylic oxidation sites excluding steroid dienone is 4. The topological polar surface area (TPSA) is 21.6 Å². The van der Waals surface area contributed by atoms with Crippen LogP contribution in [0, 0.1) is 0 Å². The van der Waals surface area contributed by atoms with Crippen LogP contribution < -0.4 is 4.74 Å². The standard InChI is InChI=1S/C14H11NO/c1-2-7-12-14(9-3-1)16-13-8-5-4-6-11(13)10-15-12/h2-10H,1H2. The van der Waals surface area contributed by atoms with E-state index < -0.39 is 0 Å². The highest BCUT2D eigenvalue weighted by atomic mass is 16.5. The van der Waals surface area contributed by atoms with Crippen LogP contribution in [-0.4, -0.2) is 6.21 Å². The molecule has 1 aliphatic heterocycles. The van der Waals surface area contributed by atoms with E-state index in [2.05, 4.69) is 17.1 Å². The number of aliphatic imine (C=N–C) groups is 1. The smallest absolute Gasteiger partial charge is 0.152 e. The molecule has 0 spiro atoms. The molecule has 2 nitrogen and oxygen atoms in total. The first kappa shape index (κ1) is 9.16. The highest BCUT2D eigenvalue weighted by molar-refractivity contribution is 5.85. The predicted molar refractivity (Wildman–Crippen MR) is 64.6 cm³/mol. The van der Waals surface area contributed by atoms with Crippen LogP contribution in [0.5, 0.6) is 5.75 Å². The van der Waals surface area contributed by atoms with Crippen molar-refractivity contribution in [3.05, 3.63) is 65.6 Å². The molecule has 0 saturated heterocycles. The maximum Gasteiger partial charge on any atom is 0.152 e. The van der Waals surface area contributed by atoms with Crippen molar-refractivity contribution in [3.8, 4) is 5.75 Å². The molecule has 0 unspecified atom stereocenters. The largest absolute Gasteiger partial charge is 0.454 e. The maximum absolute atomic E-state index is 5.86. The lowest BCUT2D eigenvalue weighted by Crippen LogP contribution is -1.94. The zero-order valence-electron chi connectivity index (χ0n) is 8.76. The molecule has 0 saturated carbocycles. The van der Waals surface area contributed by atoms with Gasteiger partial charge in [0.15, 0.2) is 5.76 Å². The second-order valence-electron chi connectivity index (χ2n) is 3.69. The minimum Gasteiger partial charge on any atom is -0.454 e. The van der Waals surface area contributed by atoms with Gasteiger partial charge in [-0.3, -0.25) is 4.99 Å². The minimum atomic E-state index is 0.815. The van der Waals surface area contributed by atoms with E-state index in [1.54, 1.807) is 0 Å². The predicted octanol–water partition coefficient (Wildman–Crippen LogP) is 3.23. The molecule has 0 atom stereocenters. The average Bonchev–Trinajstić information content (AvgIpc) is 2.61. The van der Waals surface area contributed by atoms with Crippen molar-refractivity contribution in [2.24, 2.45) is 4.99 Å². The highest BCUT2D eigenvalue weighted by Crippen LogP contribution is 2.26. The summed E-state index contributed by atoms with van der Waals surface area (Å²) in [7, 11) is 0. The van der Waals surface area contributed by atoms with E-state index in [4.69, 9.17) is 4.74 Å². The number of fused-ring (bicyclic) bond motifs is 1. The van der Waals surface area contributed by atoms with Gasteiger partial charge in [-0.1, -0.05) is 24.3 Å². The summed E-state index contributed by atoms with van der Waals surface area (Å²) in [5.74, 6) is 1.67. The van der Waals surface area contributed by atoms with E-state index in [0.717, 1.165) is 29.2 Å². The average molecular weight is 209 g/mol. The minimum absolute atomic E-state index is 0.815. The van der Waals surface area contributed by atoms with Gasteiger partial charge in [-0.05, 0) is 30.7 Å². The molecule has 1 aromatic rings. The Hall–Kier alpha value is -2.09. The van der Waals surface area contributed by atoms with E-state index in [1.807, 2.05) is 42.6 Å². The molecular formula is C14H11NO. The summed E-state index contributed by atoms with van der Waals surface area (Å²) in [6.07, 6.45) is 10.9. The van der Waals surface area contributed by atoms with Gasteiger partial charge < -0.3 is 4.74 Å². The summed E-state index contributed by atoms with van der Waals surface area (Å²) in [5, 5.41) is 0. The van der Waals surface area contributed by atoms with Gasteiger partial charge in [-0.2, -0.15) is 0 Å². The second kappa shape index (κ2) is 3.81. The number of ether oxygens (including phenoxy) is 1. The zero-order valence-corrected chi connectivity index (χ0v) is 8.76. The first-order valence-corrected chi connectivity index (χ1v) is 5.32. The molecule has 2 aliphatic rings. The molecule has 0 N–H and O–H groups in total. The molecule has 1 aliphatic carbocycles. The highest BCUT2D eigenvalue weighted by Gasteiger charge is 2.11. The fourth-order valence-corrected chi connectivity index (χ4v) is 1.73. The van der Waals surface area contributed by atoms with Crippen molar-refractivity contribution < 1.29 is 4.74 Å². The molecule has 0 fully saturated rings. The summed E-state index contributed by atoms with van der Waals surface area (Å²) < 4.78 is 5.86. The molecule has 0 aromatic heterocycles. The van der Waals surface area contributed by atoms with Crippen molar-refractivity contribution in [2.75, 3.05) is 0 Å². The molecule has 0 amide bonds. The summed E-state index contributed by atoms with van der Waals surface area (Å²) in [6, 6.07) is 7.91. The number of para-hydroxylation sites is 1. The quantitative estimate of drug-likeness (QED) is 0.642. The van der Waals surface area contributed by atoms with Gasteiger partial charge in [0.1, 0.15) is 11.4 Å². The number of benzene rings is 1. The van der Waals surface area contributed by atoms with Crippen LogP contribution in [0.2, 0.25) is 0 Å². The normalized spacial score (nSPS) is 17.2. The summed E-state index contributed by atoms with van der Waals surface area (Å²) in [4.78, 5) is 4.44. The molecule has 0 radical (unpaired) electrons. The van der Waals surface area contributed by atoms with E-state index in [-0.39, 0.29) is 0 Å². The van der Waals surface area contributed by atoms with Gasteiger partial charge in [-0.25, -0.2) is 0 Å². The number of hydrogen-bond donors (Lipinski definition) is 0. The fourth-order valence-electron chi connectivity index (χ4n) is 1.73. The van der Waals surface area contributed by atoms with Gasteiger partial charge in [0.25, 0.3) is 0 Å². The lowest BCUT2D eigenvalue weighted by atomic mass is 10.2. The third kappa shape index (κ3) is 1.58. The Morgan fingerprint density at radius 2 is 1.94 bits per heavy atom. The molecule has 2 heteroatoms. The second-order valence-corrected chi connectivity index (χ2v) is 3.69. The van der Waals surface area contributed by atoms with Crippen LogP contribution in [0.4, 0.5) is 0 Å². The third-order valence-electron chi connectivity index (χ3n) is 2.55. The molecule has 1 aromatic carbocycles. The fraction of sp³-hybridized carbons (Fsp3) is 0.0714. The summed E-state index contributed by atoms with van der Waals surface area (Å²) >= 11 is 0. The van der Waals surface area contributed by atoms with Crippen LogP contribution in [0.15, 0.2) is 65.0 Å². The Kier molecular flexibility index (Phi) is 2.18. The lowest BCUT2D eigenvalue weighted by molar-refractivity contribution is 0.440. The first-order chi connectivity index (χ1) is 7.93. The van der Waals surface area contributed by atoms with E-state index >= 15 is 0 Å². The van der Waals surface area contributed by atoms with E-state index in [0.29, 0.717) is 0 Å². The van der Waals surface area contributed by atoms with Crippen LogP contribution >= 0.6 is 0 Å². The van der Waals surface area contributed by atoms with Gasteiger partial charge in [0.2, 0.25) is 0 Å². The van der Waals surface area contributed by atoms with Crippen molar-refractivity contribution >= 4 is 6.21 Å². The van der Waals surface area contributed by atoms with Gasteiger partial charge >= 0.3 is 0 Å². The summed E-state index contributed by atoms with van der Waals surface area (Å²) in [5.41, 5.74) is 1.89. The van der Waals surface area contributed by atoms with Crippen LogP contribution in [0.25, 0.3) is 0 Å². The van der Waals surface area contributed by atoms with E-state index in [9.17, 15) is 0 Å². The monoisotopic (exact) mass is 209 g/mol. The Morgan fingerprint density at radius 1 is 1.06 bits per heavy atom. The van der Waals surface area contributed by atoms with Crippen LogP contribution in [0.3, 0.4) is 0 Å². The molecular weight excluding hydrogens is 198 g/mol. The van der Waals surface area contributed by atoms with Crippen molar-refractivity contribution in [2.45, 2.75) is 6.42 Å². The van der Waals surface area contributed by atoms with Crippen molar-refractivity contribution in [1.29, 1.82) is 0 Å². The third-order valence-corrected chi connectivity index (χ3v) is 2.55. The zero-order chi connectivity index (χ0) is 10.8. The maximum atomic E-state index is 5.86. The van der Waals surface area contributed by atoms with E-state index in [1.165, 1.54) is 0 Å². The Morgan fingerprint density at radius 3 is 2.94 bits per heavy atom. The molecule has 78 valence electrons. The van der Waals surface area contributed by atoms with Crippen molar-refractivity contribution in [3.63, 3.8) is 0 Å². The lowest BCUT2D eigenvalue weighted by Gasteiger charge is -2.06. The van der Waals surface area contributed by atoms with Gasteiger partial charge in [0, 0.05) is 11.8 Å². The number of rotatable bonds is 0. The molecule has 0 bridgehead atoms. The summed E-state index contributed by atoms with van der Waals surface area (Å²) in [6.45, 7) is 0. The number of hydrogen-bond acceptors (Lipinski definition) is 2. The molecule has 16 heavy (non-hydrogen) atoms. The number of nitrogens with zero attached hydrogens (tertiary/aromatic N) is 1. The Balaban J connectivity index is 2.11. The van der Waals surface area contributed by atoms with Gasteiger partial charge in [0.05, 0.1) is 0 Å². The van der Waals surface area contributed by atoms with Gasteiger partial charge in [-0.15, -0.1) is 0 Å². The Bertz CT molecular complexity index is 535. The molecule has 3 rings (SSSR count). The van der Waals surface area contributed by atoms with Crippen LogP contribution in [-0.2, 0) is 0 Å². The Labute approximate surface area is 94.3 Å². The van der Waals surface area contributed by atoms with Crippen molar-refractivity contribution in [1.82, 2.24) is 0 Å². The molecule has 1 heterocycles.